The zero-order chi connectivity index (χ0) is 19.2. The number of rotatable bonds is 6. The zero-order valence-corrected chi connectivity index (χ0v) is 16.1. The van der Waals surface area contributed by atoms with Gasteiger partial charge in [-0.25, -0.2) is 0 Å². The number of anilines is 2. The minimum atomic E-state index is -0.175. The summed E-state index contributed by atoms with van der Waals surface area (Å²) in [7, 11) is 0. The predicted octanol–water partition coefficient (Wildman–Crippen LogP) is 4.02. The molecule has 1 saturated heterocycles. The van der Waals surface area contributed by atoms with Crippen molar-refractivity contribution in [2.75, 3.05) is 36.4 Å². The summed E-state index contributed by atoms with van der Waals surface area (Å²) < 4.78 is 0. The van der Waals surface area contributed by atoms with Crippen LogP contribution in [-0.4, -0.2) is 42.9 Å². The minimum Gasteiger partial charge on any atom is -0.372 e. The molecule has 142 valence electrons. The van der Waals surface area contributed by atoms with Gasteiger partial charge in [0, 0.05) is 48.7 Å². The molecule has 0 atom stereocenters. The van der Waals surface area contributed by atoms with Crippen LogP contribution in [0.5, 0.6) is 0 Å². The van der Waals surface area contributed by atoms with E-state index in [4.69, 9.17) is 0 Å². The van der Waals surface area contributed by atoms with Crippen LogP contribution in [-0.2, 0) is 0 Å². The highest BCUT2D eigenvalue weighted by Gasteiger charge is 2.19. The third-order valence-electron chi connectivity index (χ3n) is 5.04. The molecular formula is C22H27N3O2. The monoisotopic (exact) mass is 365 g/mol. The smallest absolute Gasteiger partial charge is 0.255 e. The van der Waals surface area contributed by atoms with Crippen LogP contribution in [0.15, 0.2) is 48.5 Å². The summed E-state index contributed by atoms with van der Waals surface area (Å²) in [5.41, 5.74) is 3.08. The SMILES string of the molecule is CCN(CC)c1ccc(NC(=O)c2ccc(C(=O)N3CCCC3)cc2)cc1. The third-order valence-corrected chi connectivity index (χ3v) is 5.04. The van der Waals surface area contributed by atoms with Crippen molar-refractivity contribution >= 4 is 23.2 Å². The molecule has 0 aromatic heterocycles. The van der Waals surface area contributed by atoms with E-state index in [1.807, 2.05) is 29.2 Å². The van der Waals surface area contributed by atoms with Gasteiger partial charge in [0.25, 0.3) is 11.8 Å². The van der Waals surface area contributed by atoms with Crippen molar-refractivity contribution in [2.45, 2.75) is 26.7 Å². The van der Waals surface area contributed by atoms with Crippen LogP contribution >= 0.6 is 0 Å². The fourth-order valence-corrected chi connectivity index (χ4v) is 3.41. The number of nitrogens with zero attached hydrogens (tertiary/aromatic N) is 2. The molecule has 27 heavy (non-hydrogen) atoms. The third kappa shape index (κ3) is 4.48. The maximum Gasteiger partial charge on any atom is 0.255 e. The summed E-state index contributed by atoms with van der Waals surface area (Å²) in [4.78, 5) is 29.0. The van der Waals surface area contributed by atoms with Gasteiger partial charge in [-0.2, -0.15) is 0 Å². The molecular weight excluding hydrogens is 338 g/mol. The largest absolute Gasteiger partial charge is 0.372 e. The summed E-state index contributed by atoms with van der Waals surface area (Å²) in [6, 6.07) is 14.7. The van der Waals surface area contributed by atoms with E-state index in [0.717, 1.165) is 50.4 Å². The highest BCUT2D eigenvalue weighted by atomic mass is 16.2. The van der Waals surface area contributed by atoms with Crippen molar-refractivity contribution in [3.05, 3.63) is 59.7 Å². The molecule has 0 radical (unpaired) electrons. The summed E-state index contributed by atoms with van der Waals surface area (Å²) >= 11 is 0. The lowest BCUT2D eigenvalue weighted by atomic mass is 10.1. The molecule has 0 bridgehead atoms. The number of hydrogen-bond acceptors (Lipinski definition) is 3. The Kier molecular flexibility index (Phi) is 6.12. The molecule has 1 fully saturated rings. The normalized spacial score (nSPS) is 13.5. The second-order valence-electron chi connectivity index (χ2n) is 6.75. The first-order valence-electron chi connectivity index (χ1n) is 9.68. The number of likely N-dealkylation sites (tertiary alicyclic amines) is 1. The Morgan fingerprint density at radius 1 is 0.889 bits per heavy atom. The Morgan fingerprint density at radius 2 is 1.44 bits per heavy atom. The molecule has 1 N–H and O–H groups in total. The number of carbonyl (C=O) groups is 2. The van der Waals surface area contributed by atoms with E-state index in [2.05, 4.69) is 24.1 Å². The maximum atomic E-state index is 12.5. The highest BCUT2D eigenvalue weighted by Crippen LogP contribution is 2.19. The first-order chi connectivity index (χ1) is 13.1. The van der Waals surface area contributed by atoms with Crippen LogP contribution in [0.3, 0.4) is 0 Å². The van der Waals surface area contributed by atoms with Gasteiger partial charge in [-0.3, -0.25) is 9.59 Å². The van der Waals surface area contributed by atoms with E-state index in [1.54, 1.807) is 24.3 Å². The number of carbonyl (C=O) groups excluding carboxylic acids is 2. The topological polar surface area (TPSA) is 52.7 Å². The molecule has 0 saturated carbocycles. The molecule has 0 unspecified atom stereocenters. The summed E-state index contributed by atoms with van der Waals surface area (Å²) in [5, 5.41) is 2.91. The lowest BCUT2D eigenvalue weighted by Gasteiger charge is -2.21. The lowest BCUT2D eigenvalue weighted by Crippen LogP contribution is -2.27. The van der Waals surface area contributed by atoms with Crippen LogP contribution in [0.25, 0.3) is 0 Å². The van der Waals surface area contributed by atoms with Gasteiger partial charge in [-0.05, 0) is 75.2 Å². The Bertz CT molecular complexity index is 774. The maximum absolute atomic E-state index is 12.5. The first-order valence-corrected chi connectivity index (χ1v) is 9.68. The minimum absolute atomic E-state index is 0.0476. The lowest BCUT2D eigenvalue weighted by molar-refractivity contribution is 0.0792. The molecule has 1 aliphatic rings. The molecule has 2 aromatic rings. The molecule has 0 spiro atoms. The van der Waals surface area contributed by atoms with Crippen molar-refractivity contribution in [2.24, 2.45) is 0 Å². The van der Waals surface area contributed by atoms with Gasteiger partial charge in [-0.15, -0.1) is 0 Å². The number of nitrogens with one attached hydrogen (secondary N) is 1. The summed E-state index contributed by atoms with van der Waals surface area (Å²) in [6.45, 7) is 7.79. The second kappa shape index (κ2) is 8.71. The highest BCUT2D eigenvalue weighted by molar-refractivity contribution is 6.05. The number of hydrogen-bond donors (Lipinski definition) is 1. The fraction of sp³-hybridized carbons (Fsp3) is 0.364. The van der Waals surface area contributed by atoms with Crippen LogP contribution in [0.4, 0.5) is 11.4 Å². The van der Waals surface area contributed by atoms with E-state index in [-0.39, 0.29) is 11.8 Å². The predicted molar refractivity (Wildman–Crippen MR) is 110 cm³/mol. The van der Waals surface area contributed by atoms with Crippen LogP contribution in [0.2, 0.25) is 0 Å². The summed E-state index contributed by atoms with van der Waals surface area (Å²) in [5.74, 6) is -0.128. The molecule has 1 aliphatic heterocycles. The molecule has 1 heterocycles. The van der Waals surface area contributed by atoms with Gasteiger partial charge < -0.3 is 15.1 Å². The van der Waals surface area contributed by atoms with Crippen molar-refractivity contribution in [3.63, 3.8) is 0 Å². The quantitative estimate of drug-likeness (QED) is 0.841. The van der Waals surface area contributed by atoms with Gasteiger partial charge in [0.2, 0.25) is 0 Å². The van der Waals surface area contributed by atoms with Gasteiger partial charge >= 0.3 is 0 Å². The van der Waals surface area contributed by atoms with Crippen molar-refractivity contribution in [1.82, 2.24) is 4.90 Å². The fourth-order valence-electron chi connectivity index (χ4n) is 3.41. The van der Waals surface area contributed by atoms with Crippen molar-refractivity contribution in [3.8, 4) is 0 Å². The average Bonchev–Trinajstić information content (AvgIpc) is 3.24. The molecule has 5 nitrogen and oxygen atoms in total. The number of amides is 2. The van der Waals surface area contributed by atoms with Gasteiger partial charge in [0.15, 0.2) is 0 Å². The summed E-state index contributed by atoms with van der Waals surface area (Å²) in [6.07, 6.45) is 2.14. The standard InChI is InChI=1S/C22H27N3O2/c1-3-24(4-2)20-13-11-19(12-14-20)23-21(26)17-7-9-18(10-8-17)22(27)25-15-5-6-16-25/h7-14H,3-6,15-16H2,1-2H3,(H,23,26). The Hall–Kier alpha value is -2.82. The Labute approximate surface area is 161 Å². The van der Waals surface area contributed by atoms with Gasteiger partial charge in [0.05, 0.1) is 0 Å². The zero-order valence-electron chi connectivity index (χ0n) is 16.1. The molecule has 2 aromatic carbocycles. The molecule has 3 rings (SSSR count). The van der Waals surface area contributed by atoms with Crippen molar-refractivity contribution in [1.29, 1.82) is 0 Å². The first kappa shape index (κ1) is 19.0. The van der Waals surface area contributed by atoms with E-state index >= 15 is 0 Å². The van der Waals surface area contributed by atoms with Crippen LogP contribution in [0, 0.1) is 0 Å². The molecule has 5 heteroatoms. The van der Waals surface area contributed by atoms with E-state index < -0.39 is 0 Å². The molecule has 0 aliphatic carbocycles. The van der Waals surface area contributed by atoms with Crippen LogP contribution < -0.4 is 10.2 Å². The van der Waals surface area contributed by atoms with Gasteiger partial charge in [0.1, 0.15) is 0 Å². The van der Waals surface area contributed by atoms with E-state index in [0.29, 0.717) is 11.1 Å². The second-order valence-corrected chi connectivity index (χ2v) is 6.75. The van der Waals surface area contributed by atoms with E-state index in [9.17, 15) is 9.59 Å². The Balaban J connectivity index is 1.63. The van der Waals surface area contributed by atoms with Gasteiger partial charge in [-0.1, -0.05) is 0 Å². The Morgan fingerprint density at radius 3 is 2.00 bits per heavy atom. The van der Waals surface area contributed by atoms with E-state index in [1.165, 1.54) is 0 Å². The van der Waals surface area contributed by atoms with Crippen LogP contribution in [0.1, 0.15) is 47.4 Å². The molecule has 2 amide bonds. The van der Waals surface area contributed by atoms with Crippen molar-refractivity contribution < 1.29 is 9.59 Å². The average molecular weight is 365 g/mol. The number of benzene rings is 2.